The fourth-order valence-electron chi connectivity index (χ4n) is 5.59. The second kappa shape index (κ2) is 5.11. The summed E-state index contributed by atoms with van der Waals surface area (Å²) in [6.07, 6.45) is 2.09. The van der Waals surface area contributed by atoms with Crippen LogP contribution in [0.25, 0.3) is 43.8 Å². The molecule has 0 N–H and O–H groups in total. The monoisotopic (exact) mass is 354 g/mol. The lowest BCUT2D eigenvalue weighted by Gasteiger charge is -2.14. The molecule has 7 rings (SSSR count). The average Bonchev–Trinajstić information content (AvgIpc) is 3.32. The molecule has 0 unspecified atom stereocenters. The van der Waals surface area contributed by atoms with E-state index < -0.39 is 0 Å². The van der Waals surface area contributed by atoms with Crippen LogP contribution < -0.4 is 0 Å². The van der Waals surface area contributed by atoms with Crippen molar-refractivity contribution in [2.24, 2.45) is 0 Å². The van der Waals surface area contributed by atoms with Crippen LogP contribution in [0.1, 0.15) is 22.3 Å². The Hall–Kier alpha value is -3.38. The Bertz CT molecular complexity index is 1450. The Labute approximate surface area is 164 Å². The third kappa shape index (κ3) is 1.71. The summed E-state index contributed by atoms with van der Waals surface area (Å²) in [5.41, 5.74) is 11.8. The first-order valence-electron chi connectivity index (χ1n) is 10.1. The lowest BCUT2D eigenvalue weighted by molar-refractivity contribution is 1.24. The van der Waals surface area contributed by atoms with E-state index in [1.165, 1.54) is 66.1 Å². The van der Waals surface area contributed by atoms with E-state index in [1.807, 2.05) is 0 Å². The molecule has 0 bridgehead atoms. The molecular weight excluding hydrogens is 336 g/mol. The summed E-state index contributed by atoms with van der Waals surface area (Å²) < 4.78 is 0. The third-order valence-corrected chi connectivity index (χ3v) is 6.73. The fourth-order valence-corrected chi connectivity index (χ4v) is 5.59. The molecule has 0 radical (unpaired) electrons. The van der Waals surface area contributed by atoms with Crippen molar-refractivity contribution in [1.29, 1.82) is 0 Å². The van der Waals surface area contributed by atoms with Gasteiger partial charge in [0.1, 0.15) is 0 Å². The smallest absolute Gasteiger partial charge is 0.000694 e. The number of fused-ring (bicyclic) bond motifs is 12. The summed E-state index contributed by atoms with van der Waals surface area (Å²) in [4.78, 5) is 0. The maximum Gasteiger partial charge on any atom is -0.000694 e. The van der Waals surface area contributed by atoms with Gasteiger partial charge >= 0.3 is 0 Å². The Morgan fingerprint density at radius 1 is 0.393 bits per heavy atom. The highest BCUT2D eigenvalue weighted by atomic mass is 14.3. The fraction of sp³-hybridized carbons (Fsp3) is 0.0714. The molecule has 0 nitrogen and oxygen atoms in total. The lowest BCUT2D eigenvalue weighted by atomic mass is 9.89. The van der Waals surface area contributed by atoms with E-state index in [0.717, 1.165) is 12.8 Å². The topological polar surface area (TPSA) is 0 Å². The molecule has 0 atom stereocenters. The molecule has 5 aromatic carbocycles. The first-order chi connectivity index (χ1) is 13.9. The minimum absolute atomic E-state index is 1.04. The number of rotatable bonds is 0. The molecule has 0 aliphatic heterocycles. The standard InChI is InChI=1S/C28H18/c1-2-8-19-17(7-1)15-25-23(19)14-13-18-16-26-22-11-4-3-9-20(22)21-10-5-6-12-24(21)28(26)27(18)25/h1-14H,15-16H2. The summed E-state index contributed by atoms with van der Waals surface area (Å²) >= 11 is 0. The van der Waals surface area contributed by atoms with Crippen LogP contribution in [0.4, 0.5) is 0 Å². The van der Waals surface area contributed by atoms with Gasteiger partial charge in [-0.05, 0) is 78.9 Å². The van der Waals surface area contributed by atoms with E-state index >= 15 is 0 Å². The Balaban J connectivity index is 1.65. The molecule has 0 saturated heterocycles. The Morgan fingerprint density at radius 3 is 1.89 bits per heavy atom. The van der Waals surface area contributed by atoms with Gasteiger partial charge < -0.3 is 0 Å². The normalized spacial score (nSPS) is 13.4. The van der Waals surface area contributed by atoms with Crippen LogP contribution in [-0.2, 0) is 12.8 Å². The number of benzene rings is 5. The molecule has 2 aliphatic rings. The van der Waals surface area contributed by atoms with Gasteiger partial charge in [-0.2, -0.15) is 0 Å². The Kier molecular flexibility index (Phi) is 2.67. The SMILES string of the molecule is c1ccc2c(c1)Cc1c-2ccc2c1-c1c(c3ccccc3c3ccccc13)C2. The van der Waals surface area contributed by atoms with Crippen molar-refractivity contribution in [3.8, 4) is 22.3 Å². The maximum atomic E-state index is 2.37. The van der Waals surface area contributed by atoms with E-state index in [4.69, 9.17) is 0 Å². The van der Waals surface area contributed by atoms with Crippen LogP contribution in [0.5, 0.6) is 0 Å². The van der Waals surface area contributed by atoms with E-state index in [1.54, 1.807) is 0 Å². The van der Waals surface area contributed by atoms with Crippen LogP contribution in [-0.4, -0.2) is 0 Å². The van der Waals surface area contributed by atoms with Crippen molar-refractivity contribution in [2.75, 3.05) is 0 Å². The average molecular weight is 354 g/mol. The highest BCUT2D eigenvalue weighted by Gasteiger charge is 2.30. The predicted molar refractivity (Wildman–Crippen MR) is 118 cm³/mol. The molecule has 28 heavy (non-hydrogen) atoms. The van der Waals surface area contributed by atoms with E-state index in [2.05, 4.69) is 84.9 Å². The minimum atomic E-state index is 1.04. The summed E-state index contributed by atoms with van der Waals surface area (Å²) in [5.74, 6) is 0. The van der Waals surface area contributed by atoms with Gasteiger partial charge in [-0.1, -0.05) is 84.9 Å². The summed E-state index contributed by atoms with van der Waals surface area (Å²) in [6, 6.07) is 31.5. The van der Waals surface area contributed by atoms with Gasteiger partial charge in [-0.15, -0.1) is 0 Å². The Morgan fingerprint density at radius 2 is 1.04 bits per heavy atom. The maximum absolute atomic E-state index is 2.37. The summed E-state index contributed by atoms with van der Waals surface area (Å²) in [7, 11) is 0. The molecule has 0 aromatic heterocycles. The first kappa shape index (κ1) is 14.6. The lowest BCUT2D eigenvalue weighted by Crippen LogP contribution is -1.90. The quantitative estimate of drug-likeness (QED) is 0.254. The van der Waals surface area contributed by atoms with Gasteiger partial charge in [0, 0.05) is 0 Å². The third-order valence-electron chi connectivity index (χ3n) is 6.73. The van der Waals surface area contributed by atoms with Gasteiger partial charge in [-0.25, -0.2) is 0 Å². The van der Waals surface area contributed by atoms with Crippen molar-refractivity contribution < 1.29 is 0 Å². The van der Waals surface area contributed by atoms with Gasteiger partial charge in [0.2, 0.25) is 0 Å². The zero-order valence-electron chi connectivity index (χ0n) is 15.5. The molecule has 5 aromatic rings. The molecule has 2 aliphatic carbocycles. The second-order valence-electron chi connectivity index (χ2n) is 8.08. The molecule has 0 heteroatoms. The van der Waals surface area contributed by atoms with Crippen LogP contribution in [0.2, 0.25) is 0 Å². The second-order valence-corrected chi connectivity index (χ2v) is 8.08. The van der Waals surface area contributed by atoms with Crippen LogP contribution in [0.15, 0.2) is 84.9 Å². The molecule has 0 saturated carbocycles. The van der Waals surface area contributed by atoms with E-state index in [-0.39, 0.29) is 0 Å². The van der Waals surface area contributed by atoms with Crippen molar-refractivity contribution >= 4 is 21.5 Å². The van der Waals surface area contributed by atoms with Gasteiger partial charge in [-0.3, -0.25) is 0 Å². The molecule has 0 spiro atoms. The molecule has 130 valence electrons. The van der Waals surface area contributed by atoms with Crippen molar-refractivity contribution in [1.82, 2.24) is 0 Å². The van der Waals surface area contributed by atoms with E-state index in [0.29, 0.717) is 0 Å². The van der Waals surface area contributed by atoms with Crippen LogP contribution in [0, 0.1) is 0 Å². The number of hydrogen-bond acceptors (Lipinski definition) is 0. The molecule has 0 heterocycles. The first-order valence-corrected chi connectivity index (χ1v) is 10.1. The van der Waals surface area contributed by atoms with Gasteiger partial charge in [0.05, 0.1) is 0 Å². The van der Waals surface area contributed by atoms with Crippen molar-refractivity contribution in [3.05, 3.63) is 107 Å². The summed E-state index contributed by atoms with van der Waals surface area (Å²) in [5, 5.41) is 5.57. The molecule has 0 fully saturated rings. The molecule has 0 amide bonds. The highest BCUT2D eigenvalue weighted by molar-refractivity contribution is 6.18. The summed E-state index contributed by atoms with van der Waals surface area (Å²) in [6.45, 7) is 0. The van der Waals surface area contributed by atoms with Gasteiger partial charge in [0.25, 0.3) is 0 Å². The number of hydrogen-bond donors (Lipinski definition) is 0. The zero-order chi connectivity index (χ0) is 18.2. The van der Waals surface area contributed by atoms with E-state index in [9.17, 15) is 0 Å². The van der Waals surface area contributed by atoms with Crippen LogP contribution in [0.3, 0.4) is 0 Å². The van der Waals surface area contributed by atoms with Gasteiger partial charge in [0.15, 0.2) is 0 Å². The zero-order valence-corrected chi connectivity index (χ0v) is 15.5. The highest BCUT2D eigenvalue weighted by Crippen LogP contribution is 2.51. The largest absolute Gasteiger partial charge is 0.0619 e. The molecular formula is C28H18. The minimum Gasteiger partial charge on any atom is -0.0619 e. The van der Waals surface area contributed by atoms with Crippen molar-refractivity contribution in [2.45, 2.75) is 12.8 Å². The predicted octanol–water partition coefficient (Wildman–Crippen LogP) is 7.14. The van der Waals surface area contributed by atoms with Crippen LogP contribution >= 0.6 is 0 Å². The van der Waals surface area contributed by atoms with Crippen molar-refractivity contribution in [3.63, 3.8) is 0 Å².